The van der Waals surface area contributed by atoms with Crippen LogP contribution in [-0.4, -0.2) is 104 Å². The molecule has 2 saturated carbocycles. The average molecular weight is 801 g/mol. The van der Waals surface area contributed by atoms with Crippen molar-refractivity contribution in [3.8, 4) is 5.75 Å². The molecular formula is C44H72B2F2N2O5S. The number of hydrogen-bond donors (Lipinski definition) is 2. The van der Waals surface area contributed by atoms with Crippen molar-refractivity contribution >= 4 is 40.3 Å². The molecule has 5 aliphatic rings. The van der Waals surface area contributed by atoms with Crippen molar-refractivity contribution in [2.24, 2.45) is 22.7 Å². The highest BCUT2D eigenvalue weighted by atomic mass is 32.1. The van der Waals surface area contributed by atoms with E-state index in [-0.39, 0.29) is 42.6 Å². The van der Waals surface area contributed by atoms with E-state index in [1.54, 1.807) is 4.90 Å². The number of thiol groups is 1. The molecule has 2 amide bonds. The van der Waals surface area contributed by atoms with Crippen LogP contribution >= 0.6 is 12.6 Å². The number of hydrogen-bond acceptors (Lipinski definition) is 6. The van der Waals surface area contributed by atoms with Crippen molar-refractivity contribution in [2.45, 2.75) is 168 Å². The molecule has 4 fully saturated rings. The molecule has 1 aromatic rings. The zero-order valence-electron chi connectivity index (χ0n) is 35.9. The molecule has 2 heterocycles. The molecule has 2 saturated heterocycles. The van der Waals surface area contributed by atoms with Gasteiger partial charge in [0, 0.05) is 32.1 Å². The third-order valence-electron chi connectivity index (χ3n) is 13.2. The summed E-state index contributed by atoms with van der Waals surface area (Å²) in [5, 5.41) is 9.24. The molecular weight excluding hydrogens is 728 g/mol. The lowest BCUT2D eigenvalue weighted by molar-refractivity contribution is -0.130. The van der Waals surface area contributed by atoms with E-state index in [2.05, 4.69) is 59.4 Å². The van der Waals surface area contributed by atoms with Gasteiger partial charge in [-0.2, -0.15) is 12.6 Å². The topological polar surface area (TPSA) is 79.3 Å². The number of likely N-dealkylation sites (tertiary alicyclic amines) is 2. The van der Waals surface area contributed by atoms with Gasteiger partial charge in [-0.15, -0.1) is 0 Å². The highest BCUT2D eigenvalue weighted by molar-refractivity contribution is 7.80. The van der Waals surface area contributed by atoms with Crippen LogP contribution in [-0.2, 0) is 16.0 Å². The van der Waals surface area contributed by atoms with Gasteiger partial charge < -0.3 is 24.4 Å². The summed E-state index contributed by atoms with van der Waals surface area (Å²) >= 11 is 3.86. The number of fused-ring (bicyclic) bond motifs is 5. The van der Waals surface area contributed by atoms with Crippen LogP contribution in [0.15, 0.2) is 18.2 Å². The minimum absolute atomic E-state index is 0.0139. The predicted octanol–water partition coefficient (Wildman–Crippen LogP) is 9.36. The van der Waals surface area contributed by atoms with Gasteiger partial charge in [-0.05, 0) is 135 Å². The number of benzene rings is 1. The zero-order chi connectivity index (χ0) is 41.9. The summed E-state index contributed by atoms with van der Waals surface area (Å²) in [6, 6.07) is 6.58. The molecule has 7 nitrogen and oxygen atoms in total. The number of aryl methyl sites for hydroxylation is 1. The largest absolute Gasteiger partial charge is 0.415 e. The molecule has 6 atom stereocenters. The third-order valence-corrected chi connectivity index (χ3v) is 13.5. The molecule has 2 aliphatic heterocycles. The van der Waals surface area contributed by atoms with E-state index in [1.165, 1.54) is 43.2 Å². The summed E-state index contributed by atoms with van der Waals surface area (Å²) in [6.45, 7) is 19.1. The number of aliphatic hydroxyl groups is 1. The van der Waals surface area contributed by atoms with Crippen LogP contribution in [0.3, 0.4) is 0 Å². The Balaban J connectivity index is 0.000000370. The minimum Gasteiger partial charge on any atom is -0.410 e. The second kappa shape index (κ2) is 21.5. The summed E-state index contributed by atoms with van der Waals surface area (Å²) in [7, 11) is 9.53. The number of halogens is 2. The number of nitrogens with zero attached hydrogens (tertiary/aromatic N) is 2. The van der Waals surface area contributed by atoms with Crippen LogP contribution in [0.1, 0.15) is 149 Å². The number of rotatable bonds is 9. The highest BCUT2D eigenvalue weighted by Crippen LogP contribution is 2.61. The second-order valence-electron chi connectivity index (χ2n) is 18.0. The quantitative estimate of drug-likeness (QED) is 0.192. The van der Waals surface area contributed by atoms with E-state index in [0.717, 1.165) is 45.6 Å². The molecule has 0 spiro atoms. The molecule has 6 unspecified atom stereocenters. The minimum atomic E-state index is -2.75. The van der Waals surface area contributed by atoms with E-state index in [1.807, 2.05) is 24.8 Å². The van der Waals surface area contributed by atoms with E-state index in [4.69, 9.17) is 25.2 Å². The second-order valence-corrected chi connectivity index (χ2v) is 18.4. The van der Waals surface area contributed by atoms with Crippen LogP contribution in [0.5, 0.6) is 5.75 Å². The fourth-order valence-corrected chi connectivity index (χ4v) is 9.38. The van der Waals surface area contributed by atoms with E-state index in [0.29, 0.717) is 67.2 Å². The maximum Gasteiger partial charge on any atom is 0.415 e. The molecule has 12 heteroatoms. The van der Waals surface area contributed by atoms with E-state index in [9.17, 15) is 23.5 Å². The highest BCUT2D eigenvalue weighted by Gasteiger charge is 2.55. The SMILES string of the molecule is CC.CC12CCC3c4ccc(OC(=O)N5CCC(N6CCCC6=O)CC5)cc4CCC3C1CCC2OCCO.CCC(C)(C)C.[B]C([B])(F)C(C)(F)CCCS. The van der Waals surface area contributed by atoms with Crippen molar-refractivity contribution in [1.82, 2.24) is 9.80 Å². The van der Waals surface area contributed by atoms with Crippen molar-refractivity contribution in [3.63, 3.8) is 0 Å². The van der Waals surface area contributed by atoms with Gasteiger partial charge >= 0.3 is 6.09 Å². The molecule has 0 aromatic heterocycles. The lowest BCUT2D eigenvalue weighted by atomic mass is 9.55. The van der Waals surface area contributed by atoms with Gasteiger partial charge in [0.05, 0.1) is 24.8 Å². The third kappa shape index (κ3) is 12.6. The Morgan fingerprint density at radius 3 is 2.23 bits per heavy atom. The maximum atomic E-state index is 13.1. The fraction of sp³-hybridized carbons (Fsp3) is 0.818. The number of carbonyl (C=O) groups is 2. The first-order valence-electron chi connectivity index (χ1n) is 21.5. The first kappa shape index (κ1) is 48.6. The molecule has 6 rings (SSSR count). The van der Waals surface area contributed by atoms with Crippen LogP contribution in [0, 0.1) is 22.7 Å². The lowest BCUT2D eigenvalue weighted by Gasteiger charge is -2.50. The number of amides is 2. The Kier molecular flexibility index (Phi) is 18.6. The van der Waals surface area contributed by atoms with Gasteiger partial charge in [-0.25, -0.2) is 9.18 Å². The van der Waals surface area contributed by atoms with Crippen molar-refractivity contribution in [3.05, 3.63) is 29.3 Å². The van der Waals surface area contributed by atoms with Gasteiger partial charge in [0.1, 0.15) is 27.1 Å². The molecule has 3 aliphatic carbocycles. The van der Waals surface area contributed by atoms with Gasteiger partial charge in [-0.1, -0.05) is 61.0 Å². The standard InChI is InChI=1S/C30H42N2O5.C6H10B2F2S.C6H14.C2H6/c1-30-13-10-24-23-7-5-22(19-20(23)4-6-25(24)26(30)8-9-27(30)36-18-17-33)37-29(35)31-15-11-21(12-16-31)32-14-2-3-28(32)34;1-5(9,3-2-4-11)6(7,8)10;1-5-6(2,3)4;1-2/h5,7,19,21,24-27,33H,2-4,6,8-18H2,1H3;11H,2-4H2,1H3;5H2,1-4H3;1-2H3. The molecule has 0 bridgehead atoms. The Morgan fingerprint density at radius 2 is 1.68 bits per heavy atom. The normalized spacial score (nSPS) is 27.2. The molecule has 56 heavy (non-hydrogen) atoms. The van der Waals surface area contributed by atoms with Crippen LogP contribution < -0.4 is 4.74 Å². The van der Waals surface area contributed by atoms with Crippen molar-refractivity contribution in [2.75, 3.05) is 38.6 Å². The first-order valence-corrected chi connectivity index (χ1v) is 22.2. The van der Waals surface area contributed by atoms with Gasteiger partial charge in [0.15, 0.2) is 0 Å². The Bertz CT molecular complexity index is 1380. The van der Waals surface area contributed by atoms with Crippen LogP contribution in [0.4, 0.5) is 13.6 Å². The molecule has 4 radical (unpaired) electrons. The number of ether oxygens (including phenoxy) is 2. The number of piperidine rings is 1. The molecule has 314 valence electrons. The predicted molar refractivity (Wildman–Crippen MR) is 228 cm³/mol. The summed E-state index contributed by atoms with van der Waals surface area (Å²) in [6.07, 6.45) is 11.9. The smallest absolute Gasteiger partial charge is 0.410 e. The summed E-state index contributed by atoms with van der Waals surface area (Å²) in [5.74, 6) is 3.36. The monoisotopic (exact) mass is 801 g/mol. The van der Waals surface area contributed by atoms with Crippen LogP contribution in [0.2, 0.25) is 0 Å². The van der Waals surface area contributed by atoms with E-state index >= 15 is 0 Å². The van der Waals surface area contributed by atoms with Crippen molar-refractivity contribution in [1.29, 1.82) is 0 Å². The van der Waals surface area contributed by atoms with Gasteiger partial charge in [-0.3, -0.25) is 9.18 Å². The molecule has 1 aromatic carbocycles. The van der Waals surface area contributed by atoms with Crippen LogP contribution in [0.25, 0.3) is 0 Å². The first-order chi connectivity index (χ1) is 26.3. The number of aliphatic hydroxyl groups excluding tert-OH is 1. The van der Waals surface area contributed by atoms with Gasteiger partial charge in [0.2, 0.25) is 5.91 Å². The maximum absolute atomic E-state index is 13.1. The van der Waals surface area contributed by atoms with Gasteiger partial charge in [0.25, 0.3) is 0 Å². The number of carbonyl (C=O) groups excluding carboxylic acids is 2. The van der Waals surface area contributed by atoms with Crippen molar-refractivity contribution < 1.29 is 33.0 Å². The Hall–Kier alpha value is -1.78. The fourth-order valence-electron chi connectivity index (χ4n) is 9.23. The summed E-state index contributed by atoms with van der Waals surface area (Å²) < 4.78 is 37.7. The Labute approximate surface area is 346 Å². The van der Waals surface area contributed by atoms with E-state index < -0.39 is 11.1 Å². The Morgan fingerprint density at radius 1 is 1.02 bits per heavy atom. The average Bonchev–Trinajstić information content (AvgIpc) is 3.75. The zero-order valence-corrected chi connectivity index (χ0v) is 36.8. The molecule has 1 N–H and O–H groups in total. The summed E-state index contributed by atoms with van der Waals surface area (Å²) in [5.41, 5.74) is -1.37. The lowest BCUT2D eigenvalue weighted by Crippen LogP contribution is -2.47. The summed E-state index contributed by atoms with van der Waals surface area (Å²) in [4.78, 5) is 28.8. The number of alkyl halides is 2.